The molecule has 0 aromatic heterocycles. The van der Waals surface area contributed by atoms with Gasteiger partial charge in [0.25, 0.3) is 0 Å². The third-order valence-corrected chi connectivity index (χ3v) is 3.47. The molecule has 0 saturated carbocycles. The van der Waals surface area contributed by atoms with Crippen molar-refractivity contribution in [3.8, 4) is 0 Å². The number of hydrogen-bond acceptors (Lipinski definition) is 2. The van der Waals surface area contributed by atoms with Crippen LogP contribution in [0.5, 0.6) is 0 Å². The first kappa shape index (κ1) is 12.7. The quantitative estimate of drug-likeness (QED) is 0.743. The van der Waals surface area contributed by atoms with E-state index in [1.807, 2.05) is 6.92 Å². The smallest absolute Gasteiger partial charge is 0.309 e. The lowest BCUT2D eigenvalue weighted by Crippen LogP contribution is -2.45. The molecule has 1 aliphatic heterocycles. The standard InChI is InChI=1S/C12H19NO3/c1-3-5-10(14)13-8-6-12(4-2,7-9-13)11(15)16/h3,5H,4,6-9H2,1-2H3,(H,15,16). The molecule has 4 nitrogen and oxygen atoms in total. The summed E-state index contributed by atoms with van der Waals surface area (Å²) in [5, 5.41) is 9.20. The van der Waals surface area contributed by atoms with Crippen LogP contribution >= 0.6 is 0 Å². The number of rotatable bonds is 3. The van der Waals surface area contributed by atoms with Gasteiger partial charge in [0, 0.05) is 13.1 Å². The predicted octanol–water partition coefficient (Wildman–Crippen LogP) is 1.67. The molecule has 1 saturated heterocycles. The number of carbonyl (C=O) groups is 2. The van der Waals surface area contributed by atoms with Crippen LogP contribution in [0, 0.1) is 5.41 Å². The van der Waals surface area contributed by atoms with Gasteiger partial charge < -0.3 is 10.0 Å². The Labute approximate surface area is 95.9 Å². The number of hydrogen-bond donors (Lipinski definition) is 1. The lowest BCUT2D eigenvalue weighted by atomic mass is 9.76. The van der Waals surface area contributed by atoms with Crippen LogP contribution in [-0.4, -0.2) is 35.0 Å². The fraction of sp³-hybridized carbons (Fsp3) is 0.667. The van der Waals surface area contributed by atoms with Gasteiger partial charge >= 0.3 is 5.97 Å². The van der Waals surface area contributed by atoms with E-state index in [1.165, 1.54) is 6.08 Å². The molecule has 1 rings (SSSR count). The highest BCUT2D eigenvalue weighted by Gasteiger charge is 2.40. The van der Waals surface area contributed by atoms with Gasteiger partial charge in [-0.25, -0.2) is 0 Å². The first-order chi connectivity index (χ1) is 7.55. The predicted molar refractivity (Wildman–Crippen MR) is 61.0 cm³/mol. The van der Waals surface area contributed by atoms with Crippen molar-refractivity contribution in [2.45, 2.75) is 33.1 Å². The van der Waals surface area contributed by atoms with Crippen molar-refractivity contribution in [1.29, 1.82) is 0 Å². The Bertz CT molecular complexity index is 301. The van der Waals surface area contributed by atoms with E-state index in [1.54, 1.807) is 17.9 Å². The third kappa shape index (κ3) is 2.43. The molecule has 1 fully saturated rings. The van der Waals surface area contributed by atoms with Gasteiger partial charge in [0.05, 0.1) is 5.41 Å². The first-order valence-electron chi connectivity index (χ1n) is 5.71. The Morgan fingerprint density at radius 3 is 2.31 bits per heavy atom. The molecule has 1 aliphatic rings. The summed E-state index contributed by atoms with van der Waals surface area (Å²) in [6.45, 7) is 4.79. The number of nitrogens with zero attached hydrogens (tertiary/aromatic N) is 1. The van der Waals surface area contributed by atoms with Crippen molar-refractivity contribution in [3.63, 3.8) is 0 Å². The average Bonchev–Trinajstić information content (AvgIpc) is 2.29. The van der Waals surface area contributed by atoms with E-state index < -0.39 is 11.4 Å². The van der Waals surface area contributed by atoms with E-state index in [0.29, 0.717) is 32.4 Å². The topological polar surface area (TPSA) is 57.6 Å². The number of likely N-dealkylation sites (tertiary alicyclic amines) is 1. The normalized spacial score (nSPS) is 20.0. The molecule has 0 bridgehead atoms. The summed E-state index contributed by atoms with van der Waals surface area (Å²) in [6, 6.07) is 0. The molecule has 0 atom stereocenters. The van der Waals surface area contributed by atoms with Crippen LogP contribution < -0.4 is 0 Å². The Morgan fingerprint density at radius 2 is 1.94 bits per heavy atom. The number of carboxylic acids is 1. The Balaban J connectivity index is 2.63. The number of aliphatic carboxylic acids is 1. The van der Waals surface area contributed by atoms with E-state index in [-0.39, 0.29) is 5.91 Å². The van der Waals surface area contributed by atoms with Gasteiger partial charge in [0.1, 0.15) is 0 Å². The van der Waals surface area contributed by atoms with Crippen LogP contribution in [0.4, 0.5) is 0 Å². The van der Waals surface area contributed by atoms with E-state index in [2.05, 4.69) is 0 Å². The van der Waals surface area contributed by atoms with Crippen molar-refractivity contribution in [1.82, 2.24) is 4.90 Å². The second-order valence-corrected chi connectivity index (χ2v) is 4.26. The molecule has 0 radical (unpaired) electrons. The summed E-state index contributed by atoms with van der Waals surface area (Å²) < 4.78 is 0. The molecule has 0 spiro atoms. The molecular formula is C12H19NO3. The minimum Gasteiger partial charge on any atom is -0.481 e. The highest BCUT2D eigenvalue weighted by Crippen LogP contribution is 2.35. The number of piperidine rings is 1. The second kappa shape index (κ2) is 5.14. The SMILES string of the molecule is CC=CC(=O)N1CCC(CC)(C(=O)O)CC1. The third-order valence-electron chi connectivity index (χ3n) is 3.47. The minimum atomic E-state index is -0.729. The lowest BCUT2D eigenvalue weighted by molar-refractivity contribution is -0.154. The number of carboxylic acid groups (broad SMARTS) is 1. The van der Waals surface area contributed by atoms with Crippen molar-refractivity contribution in [2.75, 3.05) is 13.1 Å². The summed E-state index contributed by atoms with van der Waals surface area (Å²) in [5.74, 6) is -0.745. The van der Waals surface area contributed by atoms with E-state index >= 15 is 0 Å². The van der Waals surface area contributed by atoms with Gasteiger partial charge in [-0.05, 0) is 32.3 Å². The molecular weight excluding hydrogens is 206 g/mol. The molecule has 16 heavy (non-hydrogen) atoms. The van der Waals surface area contributed by atoms with E-state index in [4.69, 9.17) is 0 Å². The maximum absolute atomic E-state index is 11.6. The molecule has 1 amide bonds. The van der Waals surface area contributed by atoms with Crippen LogP contribution in [0.25, 0.3) is 0 Å². The second-order valence-electron chi connectivity index (χ2n) is 4.26. The summed E-state index contributed by atoms with van der Waals surface area (Å²) in [5.41, 5.74) is -0.618. The Hall–Kier alpha value is -1.32. The molecule has 0 unspecified atom stereocenters. The summed E-state index contributed by atoms with van der Waals surface area (Å²) in [4.78, 5) is 24.5. The van der Waals surface area contributed by atoms with Crippen LogP contribution in [-0.2, 0) is 9.59 Å². The van der Waals surface area contributed by atoms with Crippen LogP contribution in [0.15, 0.2) is 12.2 Å². The molecule has 90 valence electrons. The Morgan fingerprint density at radius 1 is 1.38 bits per heavy atom. The van der Waals surface area contributed by atoms with Gasteiger partial charge in [-0.3, -0.25) is 9.59 Å². The monoisotopic (exact) mass is 225 g/mol. The fourth-order valence-electron chi connectivity index (χ4n) is 2.12. The molecule has 0 aromatic carbocycles. The highest BCUT2D eigenvalue weighted by atomic mass is 16.4. The zero-order valence-electron chi connectivity index (χ0n) is 9.90. The maximum atomic E-state index is 11.6. The van der Waals surface area contributed by atoms with E-state index in [9.17, 15) is 14.7 Å². The highest BCUT2D eigenvalue weighted by molar-refractivity contribution is 5.87. The van der Waals surface area contributed by atoms with Crippen LogP contribution in [0.3, 0.4) is 0 Å². The zero-order chi connectivity index (χ0) is 12.2. The van der Waals surface area contributed by atoms with Gasteiger partial charge in [0.2, 0.25) is 5.91 Å². The molecule has 1 N–H and O–H groups in total. The zero-order valence-corrected chi connectivity index (χ0v) is 9.90. The minimum absolute atomic E-state index is 0.0161. The van der Waals surface area contributed by atoms with Crippen molar-refractivity contribution in [2.24, 2.45) is 5.41 Å². The van der Waals surface area contributed by atoms with E-state index in [0.717, 1.165) is 0 Å². The first-order valence-corrected chi connectivity index (χ1v) is 5.71. The largest absolute Gasteiger partial charge is 0.481 e. The van der Waals surface area contributed by atoms with Gasteiger partial charge in [-0.2, -0.15) is 0 Å². The van der Waals surface area contributed by atoms with Gasteiger partial charge in [-0.1, -0.05) is 13.0 Å². The lowest BCUT2D eigenvalue weighted by Gasteiger charge is -2.37. The van der Waals surface area contributed by atoms with Crippen molar-refractivity contribution < 1.29 is 14.7 Å². The summed E-state index contributed by atoms with van der Waals surface area (Å²) >= 11 is 0. The Kier molecular flexibility index (Phi) is 4.10. The van der Waals surface area contributed by atoms with Crippen molar-refractivity contribution in [3.05, 3.63) is 12.2 Å². The molecule has 0 aromatic rings. The number of carbonyl (C=O) groups excluding carboxylic acids is 1. The van der Waals surface area contributed by atoms with Crippen LogP contribution in [0.1, 0.15) is 33.1 Å². The number of allylic oxidation sites excluding steroid dienone is 1. The number of amides is 1. The molecule has 1 heterocycles. The average molecular weight is 225 g/mol. The van der Waals surface area contributed by atoms with Crippen molar-refractivity contribution >= 4 is 11.9 Å². The summed E-state index contributed by atoms with van der Waals surface area (Å²) in [7, 11) is 0. The summed E-state index contributed by atoms with van der Waals surface area (Å²) in [6.07, 6.45) is 4.99. The van der Waals surface area contributed by atoms with Crippen LogP contribution in [0.2, 0.25) is 0 Å². The van der Waals surface area contributed by atoms with Gasteiger partial charge in [0.15, 0.2) is 0 Å². The molecule has 4 heteroatoms. The van der Waals surface area contributed by atoms with Gasteiger partial charge in [-0.15, -0.1) is 0 Å². The maximum Gasteiger partial charge on any atom is 0.309 e. The molecule has 0 aliphatic carbocycles. The fourth-order valence-corrected chi connectivity index (χ4v) is 2.12.